The molecule has 0 aliphatic heterocycles. The van der Waals surface area contributed by atoms with E-state index in [-0.39, 0.29) is 6.61 Å². The third-order valence-electron chi connectivity index (χ3n) is 2.13. The van der Waals surface area contributed by atoms with Gasteiger partial charge in [-0.2, -0.15) is 0 Å². The molecule has 0 saturated carbocycles. The van der Waals surface area contributed by atoms with Crippen LogP contribution in [-0.2, 0) is 6.61 Å². The first-order valence-electron chi connectivity index (χ1n) is 4.62. The Hall–Kier alpha value is -1.74. The van der Waals surface area contributed by atoms with Crippen LogP contribution in [-0.4, -0.2) is 10.1 Å². The maximum Gasteiger partial charge on any atom is 0.149 e. The topological polar surface area (TPSA) is 33.1 Å². The minimum Gasteiger partial charge on any atom is -0.392 e. The van der Waals surface area contributed by atoms with Gasteiger partial charge in [0.25, 0.3) is 0 Å². The molecule has 0 atom stereocenters. The van der Waals surface area contributed by atoms with Crippen LogP contribution in [0.2, 0.25) is 0 Å². The first kappa shape index (κ1) is 9.80. The molecule has 0 bridgehead atoms. The summed E-state index contributed by atoms with van der Waals surface area (Å²) in [5, 5.41) is 8.82. The molecule has 2 nitrogen and oxygen atoms in total. The number of halogens is 1. The van der Waals surface area contributed by atoms with Gasteiger partial charge in [0, 0.05) is 11.8 Å². The molecular formula is C12H10FNO. The van der Waals surface area contributed by atoms with E-state index in [2.05, 4.69) is 4.98 Å². The number of pyridine rings is 1. The Balaban J connectivity index is 2.46. The van der Waals surface area contributed by atoms with Crippen LogP contribution in [0.5, 0.6) is 0 Å². The summed E-state index contributed by atoms with van der Waals surface area (Å²) < 4.78 is 13.5. The molecule has 1 N–H and O–H groups in total. The Bertz CT molecular complexity index is 456. The van der Waals surface area contributed by atoms with Gasteiger partial charge in [0.05, 0.1) is 6.61 Å². The molecule has 0 amide bonds. The lowest BCUT2D eigenvalue weighted by Gasteiger charge is -2.03. The van der Waals surface area contributed by atoms with Crippen molar-refractivity contribution in [1.82, 2.24) is 4.98 Å². The van der Waals surface area contributed by atoms with Crippen LogP contribution in [0.1, 0.15) is 5.56 Å². The second kappa shape index (κ2) is 4.19. The normalized spacial score (nSPS) is 10.3. The van der Waals surface area contributed by atoms with Gasteiger partial charge in [-0.05, 0) is 11.6 Å². The highest BCUT2D eigenvalue weighted by Gasteiger charge is 2.06. The molecule has 1 heterocycles. The Morgan fingerprint density at radius 2 is 1.93 bits per heavy atom. The standard InChI is InChI=1S/C12H10FNO/c13-11-6-9(8-15)7-14-12(11)10-4-2-1-3-5-10/h1-7,15H,8H2. The third-order valence-corrected chi connectivity index (χ3v) is 2.13. The van der Waals surface area contributed by atoms with E-state index in [0.717, 1.165) is 5.56 Å². The Labute approximate surface area is 87.0 Å². The molecule has 0 radical (unpaired) electrons. The number of nitrogens with zero attached hydrogens (tertiary/aromatic N) is 1. The van der Waals surface area contributed by atoms with Gasteiger partial charge >= 0.3 is 0 Å². The lowest BCUT2D eigenvalue weighted by molar-refractivity contribution is 0.280. The molecular weight excluding hydrogens is 193 g/mol. The zero-order valence-corrected chi connectivity index (χ0v) is 8.02. The predicted molar refractivity (Wildman–Crippen MR) is 55.6 cm³/mol. The number of aromatic nitrogens is 1. The van der Waals surface area contributed by atoms with Crippen molar-refractivity contribution in [3.05, 3.63) is 54.0 Å². The summed E-state index contributed by atoms with van der Waals surface area (Å²) in [6.45, 7) is -0.195. The van der Waals surface area contributed by atoms with Crippen molar-refractivity contribution in [3.63, 3.8) is 0 Å². The van der Waals surface area contributed by atoms with Crippen molar-refractivity contribution < 1.29 is 9.50 Å². The van der Waals surface area contributed by atoms with E-state index in [4.69, 9.17) is 5.11 Å². The van der Waals surface area contributed by atoms with E-state index < -0.39 is 5.82 Å². The van der Waals surface area contributed by atoms with E-state index in [1.807, 2.05) is 18.2 Å². The predicted octanol–water partition coefficient (Wildman–Crippen LogP) is 2.38. The maximum atomic E-state index is 13.5. The summed E-state index contributed by atoms with van der Waals surface area (Å²) >= 11 is 0. The van der Waals surface area contributed by atoms with E-state index in [1.165, 1.54) is 12.3 Å². The van der Waals surface area contributed by atoms with Crippen LogP contribution in [0.4, 0.5) is 4.39 Å². The van der Waals surface area contributed by atoms with Gasteiger partial charge in [-0.1, -0.05) is 30.3 Å². The van der Waals surface area contributed by atoms with Gasteiger partial charge in [-0.3, -0.25) is 4.98 Å². The van der Waals surface area contributed by atoms with Crippen LogP contribution in [0.3, 0.4) is 0 Å². The summed E-state index contributed by atoms with van der Waals surface area (Å²) in [5.74, 6) is -0.409. The summed E-state index contributed by atoms with van der Waals surface area (Å²) in [5.41, 5.74) is 1.53. The monoisotopic (exact) mass is 203 g/mol. The molecule has 1 aromatic carbocycles. The van der Waals surface area contributed by atoms with Gasteiger partial charge < -0.3 is 5.11 Å². The molecule has 2 aromatic rings. The summed E-state index contributed by atoms with van der Waals surface area (Å²) in [6, 6.07) is 10.4. The fourth-order valence-corrected chi connectivity index (χ4v) is 1.37. The Kier molecular flexibility index (Phi) is 2.74. The fraction of sp³-hybridized carbons (Fsp3) is 0.0833. The molecule has 0 aliphatic carbocycles. The zero-order valence-electron chi connectivity index (χ0n) is 8.02. The number of hydrogen-bond donors (Lipinski definition) is 1. The highest BCUT2D eigenvalue weighted by atomic mass is 19.1. The number of aliphatic hydroxyl groups is 1. The molecule has 0 unspecified atom stereocenters. The maximum absolute atomic E-state index is 13.5. The summed E-state index contributed by atoms with van der Waals surface area (Å²) in [6.07, 6.45) is 1.48. The molecule has 1 aromatic heterocycles. The number of aliphatic hydroxyl groups excluding tert-OH is 1. The Morgan fingerprint density at radius 3 is 2.53 bits per heavy atom. The van der Waals surface area contributed by atoms with Crippen molar-refractivity contribution in [2.75, 3.05) is 0 Å². The Morgan fingerprint density at radius 1 is 1.20 bits per heavy atom. The van der Waals surface area contributed by atoms with Crippen LogP contribution < -0.4 is 0 Å². The zero-order chi connectivity index (χ0) is 10.7. The van der Waals surface area contributed by atoms with E-state index in [0.29, 0.717) is 11.3 Å². The van der Waals surface area contributed by atoms with E-state index in [1.54, 1.807) is 12.1 Å². The van der Waals surface area contributed by atoms with Crippen LogP contribution >= 0.6 is 0 Å². The molecule has 0 spiro atoms. The SMILES string of the molecule is OCc1cnc(-c2ccccc2)c(F)c1. The van der Waals surface area contributed by atoms with Crippen LogP contribution in [0.25, 0.3) is 11.3 Å². The van der Waals surface area contributed by atoms with Crippen molar-refractivity contribution in [2.45, 2.75) is 6.61 Å². The smallest absolute Gasteiger partial charge is 0.149 e. The number of benzene rings is 1. The molecule has 15 heavy (non-hydrogen) atoms. The van der Waals surface area contributed by atoms with E-state index >= 15 is 0 Å². The summed E-state index contributed by atoms with van der Waals surface area (Å²) in [4.78, 5) is 3.98. The van der Waals surface area contributed by atoms with Crippen molar-refractivity contribution in [2.24, 2.45) is 0 Å². The molecule has 2 rings (SSSR count). The molecule has 0 saturated heterocycles. The van der Waals surface area contributed by atoms with Gasteiger partial charge in [0.1, 0.15) is 11.5 Å². The highest BCUT2D eigenvalue weighted by molar-refractivity contribution is 5.59. The summed E-state index contributed by atoms with van der Waals surface area (Å²) in [7, 11) is 0. The lowest BCUT2D eigenvalue weighted by Crippen LogP contribution is -1.93. The quantitative estimate of drug-likeness (QED) is 0.812. The molecule has 0 aliphatic rings. The van der Waals surface area contributed by atoms with Crippen molar-refractivity contribution >= 4 is 0 Å². The van der Waals surface area contributed by atoms with Crippen molar-refractivity contribution in [1.29, 1.82) is 0 Å². The minimum absolute atomic E-state index is 0.195. The largest absolute Gasteiger partial charge is 0.392 e. The minimum atomic E-state index is -0.409. The average Bonchev–Trinajstić information content (AvgIpc) is 2.30. The lowest BCUT2D eigenvalue weighted by atomic mass is 10.1. The van der Waals surface area contributed by atoms with Gasteiger partial charge in [-0.15, -0.1) is 0 Å². The van der Waals surface area contributed by atoms with Gasteiger partial charge in [0.15, 0.2) is 0 Å². The first-order valence-corrected chi connectivity index (χ1v) is 4.62. The molecule has 0 fully saturated rings. The molecule has 76 valence electrons. The van der Waals surface area contributed by atoms with Crippen LogP contribution in [0.15, 0.2) is 42.6 Å². The third kappa shape index (κ3) is 2.02. The number of hydrogen-bond acceptors (Lipinski definition) is 2. The van der Waals surface area contributed by atoms with Crippen molar-refractivity contribution in [3.8, 4) is 11.3 Å². The number of rotatable bonds is 2. The first-order chi connectivity index (χ1) is 7.31. The highest BCUT2D eigenvalue weighted by Crippen LogP contribution is 2.20. The van der Waals surface area contributed by atoms with Crippen LogP contribution in [0, 0.1) is 5.82 Å². The second-order valence-corrected chi connectivity index (χ2v) is 3.20. The van der Waals surface area contributed by atoms with Gasteiger partial charge in [0.2, 0.25) is 0 Å². The molecule has 3 heteroatoms. The fourth-order valence-electron chi connectivity index (χ4n) is 1.37. The second-order valence-electron chi connectivity index (χ2n) is 3.20. The van der Waals surface area contributed by atoms with E-state index in [9.17, 15) is 4.39 Å². The average molecular weight is 203 g/mol. The van der Waals surface area contributed by atoms with Gasteiger partial charge in [-0.25, -0.2) is 4.39 Å².